The Hall–Kier alpha value is -0.530. The van der Waals surface area contributed by atoms with Crippen LogP contribution in [0.5, 0.6) is 0 Å². The normalized spacial score (nSPS) is 27.9. The predicted octanol–water partition coefficient (Wildman–Crippen LogP) is 3.31. The van der Waals surface area contributed by atoms with Crippen molar-refractivity contribution in [3.63, 3.8) is 0 Å². The van der Waals surface area contributed by atoms with Crippen molar-refractivity contribution in [1.82, 2.24) is 0 Å². The highest BCUT2D eigenvalue weighted by atomic mass is 16.4. The minimum Gasteiger partial charge on any atom is -0.481 e. The van der Waals surface area contributed by atoms with E-state index in [1.807, 2.05) is 0 Å². The van der Waals surface area contributed by atoms with Gasteiger partial charge in [0.1, 0.15) is 0 Å². The van der Waals surface area contributed by atoms with Gasteiger partial charge in [-0.15, -0.1) is 0 Å². The molecule has 0 amide bonds. The van der Waals surface area contributed by atoms with Crippen LogP contribution >= 0.6 is 0 Å². The zero-order valence-corrected chi connectivity index (χ0v) is 9.33. The van der Waals surface area contributed by atoms with Gasteiger partial charge in [0.05, 0.1) is 5.92 Å². The fourth-order valence-corrected chi connectivity index (χ4v) is 2.27. The van der Waals surface area contributed by atoms with E-state index < -0.39 is 5.97 Å². The molecule has 2 nitrogen and oxygen atoms in total. The van der Waals surface area contributed by atoms with Crippen LogP contribution in [0, 0.1) is 17.8 Å². The molecule has 0 spiro atoms. The number of carbonyl (C=O) groups is 1. The quantitative estimate of drug-likeness (QED) is 0.752. The van der Waals surface area contributed by atoms with Crippen molar-refractivity contribution >= 4 is 5.97 Å². The van der Waals surface area contributed by atoms with E-state index in [4.69, 9.17) is 5.11 Å². The van der Waals surface area contributed by atoms with Gasteiger partial charge in [-0.3, -0.25) is 4.79 Å². The summed E-state index contributed by atoms with van der Waals surface area (Å²) in [6.07, 6.45) is 6.65. The standard InChI is InChI=1S/C12H22O2/c1-9(2)3-4-10-5-7-11(8-6-10)12(13)14/h9-11H,3-8H2,1-2H3,(H,13,14)/t10-,11+. The largest absolute Gasteiger partial charge is 0.481 e. The van der Waals surface area contributed by atoms with Crippen molar-refractivity contribution in [2.45, 2.75) is 52.4 Å². The molecule has 2 heteroatoms. The molecule has 1 N–H and O–H groups in total. The van der Waals surface area contributed by atoms with Crippen LogP contribution in [0.2, 0.25) is 0 Å². The van der Waals surface area contributed by atoms with Crippen LogP contribution in [0.15, 0.2) is 0 Å². The van der Waals surface area contributed by atoms with Gasteiger partial charge in [0.2, 0.25) is 0 Å². The van der Waals surface area contributed by atoms with E-state index in [1.54, 1.807) is 0 Å². The molecule has 0 atom stereocenters. The van der Waals surface area contributed by atoms with E-state index in [9.17, 15) is 4.79 Å². The minimum absolute atomic E-state index is 0.0506. The highest BCUT2D eigenvalue weighted by Crippen LogP contribution is 2.32. The molecule has 0 radical (unpaired) electrons. The van der Waals surface area contributed by atoms with Gasteiger partial charge >= 0.3 is 5.97 Å². The third kappa shape index (κ3) is 3.69. The zero-order valence-electron chi connectivity index (χ0n) is 9.33. The fraction of sp³-hybridized carbons (Fsp3) is 0.917. The predicted molar refractivity (Wildman–Crippen MR) is 57.2 cm³/mol. The topological polar surface area (TPSA) is 37.3 Å². The minimum atomic E-state index is -0.590. The fourth-order valence-electron chi connectivity index (χ4n) is 2.27. The van der Waals surface area contributed by atoms with Crippen LogP contribution in [0.1, 0.15) is 52.4 Å². The summed E-state index contributed by atoms with van der Waals surface area (Å²) in [7, 11) is 0. The Balaban J connectivity index is 2.19. The van der Waals surface area contributed by atoms with E-state index in [1.165, 1.54) is 12.8 Å². The first-order valence-corrected chi connectivity index (χ1v) is 5.82. The number of hydrogen-bond acceptors (Lipinski definition) is 1. The molecule has 1 aliphatic carbocycles. The van der Waals surface area contributed by atoms with Gasteiger partial charge in [0.15, 0.2) is 0 Å². The summed E-state index contributed by atoms with van der Waals surface area (Å²) in [5, 5.41) is 8.84. The molecule has 0 aromatic heterocycles. The lowest BCUT2D eigenvalue weighted by Crippen LogP contribution is -2.21. The van der Waals surface area contributed by atoms with Gasteiger partial charge in [-0.05, 0) is 37.5 Å². The second-order valence-corrected chi connectivity index (χ2v) is 5.03. The maximum absolute atomic E-state index is 10.7. The molecule has 82 valence electrons. The molecular formula is C12H22O2. The van der Waals surface area contributed by atoms with Crippen LogP contribution < -0.4 is 0 Å². The molecule has 0 aliphatic heterocycles. The second kappa shape index (κ2) is 5.38. The van der Waals surface area contributed by atoms with Crippen LogP contribution in [-0.4, -0.2) is 11.1 Å². The monoisotopic (exact) mass is 198 g/mol. The summed E-state index contributed by atoms with van der Waals surface area (Å²) < 4.78 is 0. The Kier molecular flexibility index (Phi) is 4.43. The summed E-state index contributed by atoms with van der Waals surface area (Å²) in [6, 6.07) is 0. The third-order valence-electron chi connectivity index (χ3n) is 3.35. The molecule has 0 aromatic carbocycles. The van der Waals surface area contributed by atoms with Gasteiger partial charge in [0.25, 0.3) is 0 Å². The van der Waals surface area contributed by atoms with E-state index in [0.717, 1.165) is 37.5 Å². The average Bonchev–Trinajstić information content (AvgIpc) is 2.15. The van der Waals surface area contributed by atoms with Crippen molar-refractivity contribution in [2.24, 2.45) is 17.8 Å². The highest BCUT2D eigenvalue weighted by Gasteiger charge is 2.25. The average molecular weight is 198 g/mol. The Morgan fingerprint density at radius 1 is 1.29 bits per heavy atom. The Labute approximate surface area is 86.7 Å². The lowest BCUT2D eigenvalue weighted by atomic mass is 9.79. The van der Waals surface area contributed by atoms with Crippen molar-refractivity contribution < 1.29 is 9.90 Å². The zero-order chi connectivity index (χ0) is 10.6. The first kappa shape index (κ1) is 11.5. The first-order chi connectivity index (χ1) is 6.59. The molecular weight excluding hydrogens is 176 g/mol. The summed E-state index contributed by atoms with van der Waals surface area (Å²) >= 11 is 0. The van der Waals surface area contributed by atoms with Gasteiger partial charge in [-0.1, -0.05) is 26.7 Å². The molecule has 0 heterocycles. The number of carboxylic acid groups (broad SMARTS) is 1. The van der Waals surface area contributed by atoms with E-state index in [-0.39, 0.29) is 5.92 Å². The summed E-state index contributed by atoms with van der Waals surface area (Å²) in [6.45, 7) is 4.51. The van der Waals surface area contributed by atoms with E-state index in [0.29, 0.717) is 0 Å². The van der Waals surface area contributed by atoms with E-state index >= 15 is 0 Å². The van der Waals surface area contributed by atoms with Crippen molar-refractivity contribution in [1.29, 1.82) is 0 Å². The van der Waals surface area contributed by atoms with Gasteiger partial charge in [-0.25, -0.2) is 0 Å². The van der Waals surface area contributed by atoms with Crippen LogP contribution in [0.3, 0.4) is 0 Å². The SMILES string of the molecule is CC(C)CC[C@H]1CC[C@@H](C(=O)O)CC1. The van der Waals surface area contributed by atoms with Gasteiger partial charge in [0, 0.05) is 0 Å². The van der Waals surface area contributed by atoms with Gasteiger partial charge in [-0.2, -0.15) is 0 Å². The Morgan fingerprint density at radius 2 is 1.86 bits per heavy atom. The second-order valence-electron chi connectivity index (χ2n) is 5.03. The van der Waals surface area contributed by atoms with Crippen molar-refractivity contribution in [2.75, 3.05) is 0 Å². The molecule has 14 heavy (non-hydrogen) atoms. The van der Waals surface area contributed by atoms with Crippen molar-refractivity contribution in [3.8, 4) is 0 Å². The highest BCUT2D eigenvalue weighted by molar-refractivity contribution is 5.69. The molecule has 0 saturated heterocycles. The van der Waals surface area contributed by atoms with Crippen LogP contribution in [-0.2, 0) is 4.79 Å². The molecule has 1 rings (SSSR count). The maximum Gasteiger partial charge on any atom is 0.306 e. The van der Waals surface area contributed by atoms with Crippen molar-refractivity contribution in [3.05, 3.63) is 0 Å². The number of hydrogen-bond donors (Lipinski definition) is 1. The van der Waals surface area contributed by atoms with Crippen LogP contribution in [0.4, 0.5) is 0 Å². The Bertz CT molecular complexity index is 179. The lowest BCUT2D eigenvalue weighted by molar-refractivity contribution is -0.143. The smallest absolute Gasteiger partial charge is 0.306 e. The lowest BCUT2D eigenvalue weighted by Gasteiger charge is -2.26. The molecule has 0 unspecified atom stereocenters. The molecule has 1 saturated carbocycles. The van der Waals surface area contributed by atoms with Gasteiger partial charge < -0.3 is 5.11 Å². The number of rotatable bonds is 4. The number of aliphatic carboxylic acids is 1. The number of carboxylic acids is 1. The molecule has 1 aliphatic rings. The third-order valence-corrected chi connectivity index (χ3v) is 3.35. The molecule has 1 fully saturated rings. The summed E-state index contributed by atoms with van der Waals surface area (Å²) in [4.78, 5) is 10.7. The molecule has 0 bridgehead atoms. The van der Waals surface area contributed by atoms with Crippen LogP contribution in [0.25, 0.3) is 0 Å². The Morgan fingerprint density at radius 3 is 2.29 bits per heavy atom. The van der Waals surface area contributed by atoms with E-state index in [2.05, 4.69) is 13.8 Å². The maximum atomic E-state index is 10.7. The first-order valence-electron chi connectivity index (χ1n) is 5.82. The molecule has 0 aromatic rings. The summed E-state index contributed by atoms with van der Waals surface area (Å²) in [5.41, 5.74) is 0. The summed E-state index contributed by atoms with van der Waals surface area (Å²) in [5.74, 6) is 0.942.